The normalized spacial score (nSPS) is 11.6. The molecule has 5 nitrogen and oxygen atoms in total. The van der Waals surface area contributed by atoms with E-state index < -0.39 is 0 Å². The minimum Gasteiger partial charge on any atom is -0.357 e. The molecule has 0 bridgehead atoms. The molecule has 0 unspecified atom stereocenters. The summed E-state index contributed by atoms with van der Waals surface area (Å²) >= 11 is 1.90. The van der Waals surface area contributed by atoms with Crippen LogP contribution in [0, 0.1) is 6.92 Å². The Morgan fingerprint density at radius 3 is 2.81 bits per heavy atom. The second-order valence-corrected chi connectivity index (χ2v) is 7.23. The SMILES string of the molecule is CCNC(=NCc1cccc(Cn2ccnc2C)c1)NCCCCSC. The summed E-state index contributed by atoms with van der Waals surface area (Å²) in [4.78, 5) is 9.01. The van der Waals surface area contributed by atoms with Gasteiger partial charge in [-0.05, 0) is 49.8 Å². The van der Waals surface area contributed by atoms with Crippen molar-refractivity contribution in [3.8, 4) is 0 Å². The lowest BCUT2D eigenvalue weighted by atomic mass is 10.1. The summed E-state index contributed by atoms with van der Waals surface area (Å²) in [6.45, 7) is 7.48. The summed E-state index contributed by atoms with van der Waals surface area (Å²) in [5, 5.41) is 6.75. The van der Waals surface area contributed by atoms with E-state index in [1.807, 2.05) is 31.1 Å². The Morgan fingerprint density at radius 2 is 2.08 bits per heavy atom. The van der Waals surface area contributed by atoms with Crippen LogP contribution in [0.1, 0.15) is 36.7 Å². The van der Waals surface area contributed by atoms with Crippen LogP contribution in [-0.2, 0) is 13.1 Å². The Morgan fingerprint density at radius 1 is 1.23 bits per heavy atom. The van der Waals surface area contributed by atoms with Crippen LogP contribution in [0.25, 0.3) is 0 Å². The summed E-state index contributed by atoms with van der Waals surface area (Å²) in [7, 11) is 0. The highest BCUT2D eigenvalue weighted by Crippen LogP contribution is 2.09. The van der Waals surface area contributed by atoms with Crippen LogP contribution in [0.2, 0.25) is 0 Å². The number of imidazole rings is 1. The molecule has 2 rings (SSSR count). The maximum Gasteiger partial charge on any atom is 0.191 e. The lowest BCUT2D eigenvalue weighted by Gasteiger charge is -2.11. The first-order valence-corrected chi connectivity index (χ1v) is 10.7. The van der Waals surface area contributed by atoms with Crippen LogP contribution in [0.15, 0.2) is 41.7 Å². The second-order valence-electron chi connectivity index (χ2n) is 6.24. The minimum atomic E-state index is 0.677. The van der Waals surface area contributed by atoms with Crippen LogP contribution in [0.4, 0.5) is 0 Å². The number of hydrogen-bond donors (Lipinski definition) is 2. The Labute approximate surface area is 161 Å². The summed E-state index contributed by atoms with van der Waals surface area (Å²) in [5.41, 5.74) is 2.49. The predicted molar refractivity (Wildman–Crippen MR) is 113 cm³/mol. The smallest absolute Gasteiger partial charge is 0.191 e. The quantitative estimate of drug-likeness (QED) is 0.381. The van der Waals surface area contributed by atoms with E-state index in [0.29, 0.717) is 6.54 Å². The molecule has 0 amide bonds. The monoisotopic (exact) mass is 373 g/mol. The fourth-order valence-electron chi connectivity index (χ4n) is 2.68. The van der Waals surface area contributed by atoms with Crippen molar-refractivity contribution in [3.05, 3.63) is 53.6 Å². The lowest BCUT2D eigenvalue weighted by Crippen LogP contribution is -2.37. The number of guanidine groups is 1. The van der Waals surface area contributed by atoms with E-state index in [1.165, 1.54) is 29.7 Å². The number of hydrogen-bond acceptors (Lipinski definition) is 3. The van der Waals surface area contributed by atoms with Crippen LogP contribution < -0.4 is 10.6 Å². The molecule has 2 aromatic rings. The van der Waals surface area contributed by atoms with Gasteiger partial charge in [-0.3, -0.25) is 0 Å². The van der Waals surface area contributed by atoms with Gasteiger partial charge in [0.15, 0.2) is 5.96 Å². The van der Waals surface area contributed by atoms with Gasteiger partial charge in [0, 0.05) is 32.0 Å². The average molecular weight is 374 g/mol. The molecule has 0 aliphatic carbocycles. The van der Waals surface area contributed by atoms with Gasteiger partial charge in [0.05, 0.1) is 6.54 Å². The molecule has 0 atom stereocenters. The maximum absolute atomic E-state index is 4.73. The highest BCUT2D eigenvalue weighted by atomic mass is 32.2. The fraction of sp³-hybridized carbons (Fsp3) is 0.500. The van der Waals surface area contributed by atoms with Crippen LogP contribution in [0.5, 0.6) is 0 Å². The molecule has 0 fully saturated rings. The van der Waals surface area contributed by atoms with E-state index in [4.69, 9.17) is 4.99 Å². The lowest BCUT2D eigenvalue weighted by molar-refractivity contribution is 0.734. The van der Waals surface area contributed by atoms with Gasteiger partial charge in [-0.25, -0.2) is 9.98 Å². The first-order chi connectivity index (χ1) is 12.7. The third kappa shape index (κ3) is 7.12. The van der Waals surface area contributed by atoms with E-state index in [2.05, 4.69) is 57.6 Å². The maximum atomic E-state index is 4.73. The summed E-state index contributed by atoms with van der Waals surface area (Å²) in [6.07, 6.45) is 8.43. The number of aliphatic imine (C=N–C) groups is 1. The van der Waals surface area contributed by atoms with Gasteiger partial charge in [0.1, 0.15) is 5.82 Å². The topological polar surface area (TPSA) is 54.2 Å². The number of rotatable bonds is 10. The summed E-state index contributed by atoms with van der Waals surface area (Å²) < 4.78 is 2.16. The first kappa shape index (κ1) is 20.4. The van der Waals surface area contributed by atoms with Gasteiger partial charge < -0.3 is 15.2 Å². The molecule has 142 valence electrons. The Kier molecular flexibility index (Phi) is 9.10. The zero-order valence-corrected chi connectivity index (χ0v) is 17.0. The van der Waals surface area contributed by atoms with Gasteiger partial charge in [-0.2, -0.15) is 11.8 Å². The molecular formula is C20H31N5S. The number of thioether (sulfide) groups is 1. The zero-order valence-electron chi connectivity index (χ0n) is 16.2. The largest absolute Gasteiger partial charge is 0.357 e. The van der Waals surface area contributed by atoms with Gasteiger partial charge in [0.2, 0.25) is 0 Å². The highest BCUT2D eigenvalue weighted by molar-refractivity contribution is 7.98. The van der Waals surface area contributed by atoms with Crippen molar-refractivity contribution in [2.45, 2.75) is 39.8 Å². The average Bonchev–Trinajstić information content (AvgIpc) is 3.04. The molecule has 0 radical (unpaired) electrons. The highest BCUT2D eigenvalue weighted by Gasteiger charge is 2.01. The summed E-state index contributed by atoms with van der Waals surface area (Å²) in [5.74, 6) is 3.15. The van der Waals surface area contributed by atoms with Crippen molar-refractivity contribution >= 4 is 17.7 Å². The van der Waals surface area contributed by atoms with E-state index >= 15 is 0 Å². The number of unbranched alkanes of at least 4 members (excludes halogenated alkanes) is 1. The van der Waals surface area contributed by atoms with E-state index in [-0.39, 0.29) is 0 Å². The third-order valence-electron chi connectivity index (χ3n) is 4.10. The molecule has 1 aromatic heterocycles. The number of aromatic nitrogens is 2. The number of nitrogens with zero attached hydrogens (tertiary/aromatic N) is 3. The van der Waals surface area contributed by atoms with E-state index in [0.717, 1.165) is 31.4 Å². The third-order valence-corrected chi connectivity index (χ3v) is 4.80. The molecule has 6 heteroatoms. The summed E-state index contributed by atoms with van der Waals surface area (Å²) in [6, 6.07) is 8.62. The molecule has 26 heavy (non-hydrogen) atoms. The van der Waals surface area contributed by atoms with Gasteiger partial charge in [-0.15, -0.1) is 0 Å². The van der Waals surface area contributed by atoms with Gasteiger partial charge in [0.25, 0.3) is 0 Å². The number of aryl methyl sites for hydroxylation is 1. The van der Waals surface area contributed by atoms with Crippen LogP contribution in [-0.4, -0.2) is 40.6 Å². The van der Waals surface area contributed by atoms with Crippen molar-refractivity contribution in [3.63, 3.8) is 0 Å². The Hall–Kier alpha value is -1.95. The molecular weight excluding hydrogens is 342 g/mol. The molecule has 0 aliphatic rings. The van der Waals surface area contributed by atoms with E-state index in [1.54, 1.807) is 0 Å². The predicted octanol–water partition coefficient (Wildman–Crippen LogP) is 3.44. The standard InChI is InChI=1S/C20H31N5S/c1-4-21-20(23-10-5-6-13-26-3)24-15-18-8-7-9-19(14-18)16-25-12-11-22-17(25)2/h7-9,11-12,14H,4-6,10,13,15-16H2,1-3H3,(H2,21,23,24). The second kappa shape index (κ2) is 11.6. The van der Waals surface area contributed by atoms with Gasteiger partial charge in [-0.1, -0.05) is 24.3 Å². The molecule has 0 spiro atoms. The number of benzene rings is 1. The van der Waals surface area contributed by atoms with Crippen molar-refractivity contribution < 1.29 is 0 Å². The molecule has 0 aliphatic heterocycles. The molecule has 1 heterocycles. The molecule has 1 aromatic carbocycles. The van der Waals surface area contributed by atoms with Crippen molar-refractivity contribution in [1.82, 2.24) is 20.2 Å². The Balaban J connectivity index is 1.91. The van der Waals surface area contributed by atoms with Crippen LogP contribution in [0.3, 0.4) is 0 Å². The van der Waals surface area contributed by atoms with Crippen LogP contribution >= 0.6 is 11.8 Å². The van der Waals surface area contributed by atoms with Crippen molar-refractivity contribution in [1.29, 1.82) is 0 Å². The zero-order chi connectivity index (χ0) is 18.6. The Bertz CT molecular complexity index is 680. The van der Waals surface area contributed by atoms with Crippen molar-refractivity contribution in [2.75, 3.05) is 25.1 Å². The molecule has 0 saturated heterocycles. The molecule has 2 N–H and O–H groups in total. The minimum absolute atomic E-state index is 0.677. The number of nitrogens with one attached hydrogen (secondary N) is 2. The first-order valence-electron chi connectivity index (χ1n) is 9.29. The van der Waals surface area contributed by atoms with Gasteiger partial charge >= 0.3 is 0 Å². The fourth-order valence-corrected chi connectivity index (χ4v) is 3.18. The van der Waals surface area contributed by atoms with E-state index in [9.17, 15) is 0 Å². The van der Waals surface area contributed by atoms with Crippen molar-refractivity contribution in [2.24, 2.45) is 4.99 Å². The molecule has 0 saturated carbocycles.